The van der Waals surface area contributed by atoms with E-state index in [9.17, 15) is 22.8 Å². The average molecular weight is 494 g/mol. The lowest BCUT2D eigenvalue weighted by molar-refractivity contribution is -0.144. The number of fused-ring (bicyclic) bond motifs is 1. The van der Waals surface area contributed by atoms with Crippen LogP contribution in [0.1, 0.15) is 24.5 Å². The van der Waals surface area contributed by atoms with Gasteiger partial charge in [-0.1, -0.05) is 23.7 Å². The standard InChI is InChI=1S/C22H24ClN3O6S/c1-12-10-19(13(2)9-15(12)23)33(30,31)26-17-8-6-5-7-16(17)25-21(28)18(26)11-20(27)24-14(3)22(29)32-4/h5-10,14,18H,11H2,1-4H3,(H,24,27)(H,25,28). The van der Waals surface area contributed by atoms with Gasteiger partial charge in [0.25, 0.3) is 10.0 Å². The number of aryl methyl sites for hydroxylation is 2. The first-order valence-electron chi connectivity index (χ1n) is 10.1. The van der Waals surface area contributed by atoms with Gasteiger partial charge in [-0.3, -0.25) is 13.9 Å². The second-order valence-electron chi connectivity index (χ2n) is 7.71. The van der Waals surface area contributed by atoms with Crippen molar-refractivity contribution in [2.45, 2.75) is 44.2 Å². The molecule has 0 spiro atoms. The zero-order chi connectivity index (χ0) is 24.5. The van der Waals surface area contributed by atoms with Gasteiger partial charge in [-0.2, -0.15) is 0 Å². The van der Waals surface area contributed by atoms with E-state index in [0.29, 0.717) is 21.8 Å². The second kappa shape index (κ2) is 9.40. The van der Waals surface area contributed by atoms with Gasteiger partial charge in [0.05, 0.1) is 29.8 Å². The first-order chi connectivity index (χ1) is 15.5. The van der Waals surface area contributed by atoms with Crippen LogP contribution in [0.15, 0.2) is 41.3 Å². The van der Waals surface area contributed by atoms with Crippen molar-refractivity contribution in [3.8, 4) is 0 Å². The van der Waals surface area contributed by atoms with E-state index in [0.717, 1.165) is 4.31 Å². The Morgan fingerprint density at radius 2 is 1.88 bits per heavy atom. The Hall–Kier alpha value is -3.11. The van der Waals surface area contributed by atoms with E-state index in [1.54, 1.807) is 44.2 Å². The molecule has 3 rings (SSSR count). The SMILES string of the molecule is COC(=O)C(C)NC(=O)CC1C(=O)Nc2ccccc2N1S(=O)(=O)c1cc(C)c(Cl)cc1C. The third-order valence-corrected chi connectivity index (χ3v) is 7.66. The normalized spacial score (nSPS) is 16.5. The molecule has 0 aliphatic carbocycles. The number of nitrogens with zero attached hydrogens (tertiary/aromatic N) is 1. The Labute approximate surface area is 197 Å². The summed E-state index contributed by atoms with van der Waals surface area (Å²) in [6.45, 7) is 4.71. The maximum absolute atomic E-state index is 13.8. The second-order valence-corrected chi connectivity index (χ2v) is 9.90. The van der Waals surface area contributed by atoms with Gasteiger partial charge in [-0.25, -0.2) is 13.2 Å². The van der Waals surface area contributed by atoms with Crippen molar-refractivity contribution in [3.05, 3.63) is 52.5 Å². The molecule has 1 aliphatic rings. The molecule has 0 saturated carbocycles. The van der Waals surface area contributed by atoms with Crippen molar-refractivity contribution in [1.29, 1.82) is 0 Å². The monoisotopic (exact) mass is 493 g/mol. The summed E-state index contributed by atoms with van der Waals surface area (Å²) in [5.74, 6) is -2.02. The lowest BCUT2D eigenvalue weighted by Crippen LogP contribution is -2.53. The van der Waals surface area contributed by atoms with Crippen LogP contribution in [0.3, 0.4) is 0 Å². The van der Waals surface area contributed by atoms with E-state index >= 15 is 0 Å². The lowest BCUT2D eigenvalue weighted by Gasteiger charge is -2.37. The molecule has 2 atom stereocenters. The van der Waals surface area contributed by atoms with Crippen LogP contribution >= 0.6 is 11.6 Å². The number of carbonyl (C=O) groups excluding carboxylic acids is 3. The smallest absolute Gasteiger partial charge is 0.328 e. The largest absolute Gasteiger partial charge is 0.467 e. The minimum atomic E-state index is -4.28. The third-order valence-electron chi connectivity index (χ3n) is 5.29. The highest BCUT2D eigenvalue weighted by atomic mass is 35.5. The summed E-state index contributed by atoms with van der Waals surface area (Å²) in [5, 5.41) is 5.50. The van der Waals surface area contributed by atoms with Crippen LogP contribution in [0.5, 0.6) is 0 Å². The molecule has 2 aromatic carbocycles. The molecule has 11 heteroatoms. The van der Waals surface area contributed by atoms with Crippen LogP contribution in [0, 0.1) is 13.8 Å². The summed E-state index contributed by atoms with van der Waals surface area (Å²) < 4.78 is 33.2. The molecule has 2 N–H and O–H groups in total. The molecule has 2 unspecified atom stereocenters. The highest BCUT2D eigenvalue weighted by Gasteiger charge is 2.42. The number of sulfonamides is 1. The number of carbonyl (C=O) groups is 3. The molecule has 1 aliphatic heterocycles. The zero-order valence-corrected chi connectivity index (χ0v) is 20.1. The minimum absolute atomic E-state index is 0.0257. The summed E-state index contributed by atoms with van der Waals surface area (Å²) in [4.78, 5) is 37.2. The van der Waals surface area contributed by atoms with Crippen molar-refractivity contribution in [1.82, 2.24) is 5.32 Å². The number of esters is 1. The first kappa shape index (κ1) is 24.5. The maximum Gasteiger partial charge on any atom is 0.328 e. The number of halogens is 1. The topological polar surface area (TPSA) is 122 Å². The Kier molecular flexibility index (Phi) is 6.99. The van der Waals surface area contributed by atoms with Gasteiger partial charge in [0.15, 0.2) is 0 Å². The average Bonchev–Trinajstić information content (AvgIpc) is 2.75. The van der Waals surface area contributed by atoms with Crippen LogP contribution in [0.2, 0.25) is 5.02 Å². The third kappa shape index (κ3) is 4.81. The van der Waals surface area contributed by atoms with Crippen molar-refractivity contribution in [2.24, 2.45) is 0 Å². The number of nitrogens with one attached hydrogen (secondary N) is 2. The Bertz CT molecular complexity index is 1230. The molecular weight excluding hydrogens is 470 g/mol. The summed E-state index contributed by atoms with van der Waals surface area (Å²) in [5.41, 5.74) is 1.48. The molecule has 176 valence electrons. The molecule has 0 bridgehead atoms. The van der Waals surface area contributed by atoms with Gasteiger partial charge < -0.3 is 15.4 Å². The quantitative estimate of drug-likeness (QED) is 0.596. The molecule has 2 amide bonds. The van der Waals surface area contributed by atoms with Crippen LogP contribution in [0.25, 0.3) is 0 Å². The van der Waals surface area contributed by atoms with Gasteiger partial charge in [0, 0.05) is 5.02 Å². The van der Waals surface area contributed by atoms with Gasteiger partial charge in [0.1, 0.15) is 12.1 Å². The number of hydrogen-bond donors (Lipinski definition) is 2. The van der Waals surface area contributed by atoms with Gasteiger partial charge in [-0.05, 0) is 56.2 Å². The Morgan fingerprint density at radius 3 is 2.55 bits per heavy atom. The van der Waals surface area contributed by atoms with E-state index < -0.39 is 46.3 Å². The fourth-order valence-electron chi connectivity index (χ4n) is 3.58. The van der Waals surface area contributed by atoms with Crippen LogP contribution in [-0.4, -0.2) is 45.4 Å². The lowest BCUT2D eigenvalue weighted by atomic mass is 10.1. The van der Waals surface area contributed by atoms with E-state index in [2.05, 4.69) is 15.4 Å². The highest BCUT2D eigenvalue weighted by molar-refractivity contribution is 7.93. The Morgan fingerprint density at radius 1 is 1.21 bits per heavy atom. The van der Waals surface area contributed by atoms with Crippen LogP contribution in [-0.2, 0) is 29.1 Å². The summed E-state index contributed by atoms with van der Waals surface area (Å²) in [6, 6.07) is 7.05. The van der Waals surface area contributed by atoms with E-state index in [1.807, 2.05) is 0 Å². The van der Waals surface area contributed by atoms with Gasteiger partial charge in [-0.15, -0.1) is 0 Å². The van der Waals surface area contributed by atoms with Crippen LogP contribution < -0.4 is 14.9 Å². The van der Waals surface area contributed by atoms with Gasteiger partial charge >= 0.3 is 5.97 Å². The van der Waals surface area contributed by atoms with E-state index in [1.165, 1.54) is 20.1 Å². The molecule has 0 saturated heterocycles. The van der Waals surface area contributed by atoms with E-state index in [4.69, 9.17) is 11.6 Å². The number of anilines is 2. The molecular formula is C22H24ClN3O6S. The van der Waals surface area contributed by atoms with Gasteiger partial charge in [0.2, 0.25) is 11.8 Å². The Balaban J connectivity index is 2.08. The predicted octanol–water partition coefficient (Wildman–Crippen LogP) is 2.54. The van der Waals surface area contributed by atoms with Crippen molar-refractivity contribution >= 4 is 50.8 Å². The minimum Gasteiger partial charge on any atom is -0.467 e. The van der Waals surface area contributed by atoms with Crippen molar-refractivity contribution in [2.75, 3.05) is 16.7 Å². The number of methoxy groups -OCH3 is 1. The molecule has 33 heavy (non-hydrogen) atoms. The zero-order valence-electron chi connectivity index (χ0n) is 18.5. The molecule has 2 aromatic rings. The van der Waals surface area contributed by atoms with E-state index in [-0.39, 0.29) is 10.6 Å². The number of hydrogen-bond acceptors (Lipinski definition) is 6. The summed E-state index contributed by atoms with van der Waals surface area (Å²) in [7, 11) is -3.10. The van der Waals surface area contributed by atoms with Crippen LogP contribution in [0.4, 0.5) is 11.4 Å². The summed E-state index contributed by atoms with van der Waals surface area (Å²) in [6.07, 6.45) is -0.508. The number of ether oxygens (including phenoxy) is 1. The maximum atomic E-state index is 13.8. The summed E-state index contributed by atoms with van der Waals surface area (Å²) >= 11 is 6.15. The fourth-order valence-corrected chi connectivity index (χ4v) is 5.73. The van der Waals surface area contributed by atoms with Crippen molar-refractivity contribution in [3.63, 3.8) is 0 Å². The fraction of sp³-hybridized carbons (Fsp3) is 0.318. The molecule has 0 radical (unpaired) electrons. The van der Waals surface area contributed by atoms with Crippen molar-refractivity contribution < 1.29 is 27.5 Å². The number of amides is 2. The molecule has 9 nitrogen and oxygen atoms in total. The molecule has 0 fully saturated rings. The molecule has 1 heterocycles. The number of benzene rings is 2. The highest BCUT2D eigenvalue weighted by Crippen LogP contribution is 2.38. The molecule has 0 aromatic heterocycles. The number of para-hydroxylation sites is 2. The predicted molar refractivity (Wildman–Crippen MR) is 124 cm³/mol. The first-order valence-corrected chi connectivity index (χ1v) is 11.9. The number of rotatable bonds is 6.